The van der Waals surface area contributed by atoms with Crippen LogP contribution >= 0.6 is 0 Å². The summed E-state index contributed by atoms with van der Waals surface area (Å²) in [5, 5.41) is 8.81. The molecule has 0 fully saturated rings. The number of amides is 1. The highest BCUT2D eigenvalue weighted by Gasteiger charge is 2.17. The molecule has 2 aromatic carbocycles. The van der Waals surface area contributed by atoms with Gasteiger partial charge >= 0.3 is 0 Å². The van der Waals surface area contributed by atoms with Gasteiger partial charge in [0, 0.05) is 0 Å². The first-order valence-electron chi connectivity index (χ1n) is 5.86. The van der Waals surface area contributed by atoms with E-state index >= 15 is 0 Å². The summed E-state index contributed by atoms with van der Waals surface area (Å²) in [5.41, 5.74) is 5.58. The summed E-state index contributed by atoms with van der Waals surface area (Å²) in [6.45, 7) is 0. The van der Waals surface area contributed by atoms with Gasteiger partial charge in [0.25, 0.3) is 15.9 Å². The van der Waals surface area contributed by atoms with Gasteiger partial charge in [-0.2, -0.15) is 5.26 Å². The third-order valence-electron chi connectivity index (χ3n) is 2.71. The first kappa shape index (κ1) is 14.6. The monoisotopic (exact) mass is 301 g/mol. The fraction of sp³-hybridized carbons (Fsp3) is 0. The summed E-state index contributed by atoms with van der Waals surface area (Å²) in [6, 6.07) is 13.4. The van der Waals surface area contributed by atoms with Crippen molar-refractivity contribution in [2.45, 2.75) is 4.90 Å². The van der Waals surface area contributed by atoms with E-state index in [-0.39, 0.29) is 21.7 Å². The Morgan fingerprint density at radius 2 is 1.86 bits per heavy atom. The molecule has 0 heterocycles. The molecule has 0 aliphatic carbocycles. The van der Waals surface area contributed by atoms with Gasteiger partial charge in [-0.05, 0) is 30.3 Å². The summed E-state index contributed by atoms with van der Waals surface area (Å²) in [7, 11) is -3.91. The molecular weight excluding hydrogens is 290 g/mol. The second-order valence-corrected chi connectivity index (χ2v) is 5.84. The number of sulfonamides is 1. The average Bonchev–Trinajstić information content (AvgIpc) is 2.47. The number of nitriles is 1. The van der Waals surface area contributed by atoms with Crippen molar-refractivity contribution < 1.29 is 13.2 Å². The van der Waals surface area contributed by atoms with Crippen LogP contribution in [-0.4, -0.2) is 14.3 Å². The predicted octanol–water partition coefficient (Wildman–Crippen LogP) is 1.46. The molecule has 6 nitrogen and oxygen atoms in total. The zero-order valence-corrected chi connectivity index (χ0v) is 11.6. The smallest absolute Gasteiger partial charge is 0.261 e. The zero-order valence-electron chi connectivity index (χ0n) is 10.8. The number of nitrogens with zero attached hydrogens (tertiary/aromatic N) is 1. The molecule has 0 unspecified atom stereocenters. The Labute approximate surface area is 121 Å². The molecule has 0 aliphatic rings. The van der Waals surface area contributed by atoms with E-state index in [9.17, 15) is 13.2 Å². The van der Waals surface area contributed by atoms with Gasteiger partial charge < -0.3 is 5.73 Å². The lowest BCUT2D eigenvalue weighted by atomic mass is 10.2. The van der Waals surface area contributed by atoms with E-state index < -0.39 is 15.9 Å². The van der Waals surface area contributed by atoms with Crippen LogP contribution in [0.1, 0.15) is 15.9 Å². The first-order valence-corrected chi connectivity index (χ1v) is 7.34. The molecular formula is C14H11N3O3S. The van der Waals surface area contributed by atoms with Gasteiger partial charge in [-0.25, -0.2) is 8.42 Å². The van der Waals surface area contributed by atoms with Crippen molar-refractivity contribution in [3.63, 3.8) is 0 Å². The molecule has 2 aromatic rings. The zero-order chi connectivity index (χ0) is 15.5. The third-order valence-corrected chi connectivity index (χ3v) is 4.07. The molecule has 0 aliphatic heterocycles. The minimum atomic E-state index is -3.91. The molecule has 0 aromatic heterocycles. The summed E-state index contributed by atoms with van der Waals surface area (Å²) < 4.78 is 26.8. The molecule has 0 radical (unpaired) electrons. The van der Waals surface area contributed by atoms with Gasteiger partial charge in [-0.1, -0.05) is 18.2 Å². The van der Waals surface area contributed by atoms with Crippen molar-refractivity contribution in [1.82, 2.24) is 0 Å². The second kappa shape index (κ2) is 5.64. The SMILES string of the molecule is N#Cc1cccc(S(=O)(=O)Nc2ccccc2C(N)=O)c1. The minimum absolute atomic E-state index is 0.0671. The van der Waals surface area contributed by atoms with Gasteiger partial charge in [-0.3, -0.25) is 9.52 Å². The number of benzene rings is 2. The lowest BCUT2D eigenvalue weighted by Gasteiger charge is -2.10. The van der Waals surface area contributed by atoms with Crippen molar-refractivity contribution in [1.29, 1.82) is 5.26 Å². The second-order valence-electron chi connectivity index (χ2n) is 4.15. The van der Waals surface area contributed by atoms with Crippen LogP contribution in [0.3, 0.4) is 0 Å². The van der Waals surface area contributed by atoms with Crippen LogP contribution in [0.4, 0.5) is 5.69 Å². The molecule has 21 heavy (non-hydrogen) atoms. The Morgan fingerprint density at radius 3 is 2.52 bits per heavy atom. The maximum absolute atomic E-state index is 12.3. The van der Waals surface area contributed by atoms with Gasteiger partial charge in [-0.15, -0.1) is 0 Å². The maximum Gasteiger partial charge on any atom is 0.261 e. The van der Waals surface area contributed by atoms with E-state index in [0.29, 0.717) is 0 Å². The summed E-state index contributed by atoms with van der Waals surface area (Å²) >= 11 is 0. The van der Waals surface area contributed by atoms with Crippen LogP contribution in [0.15, 0.2) is 53.4 Å². The molecule has 1 amide bonds. The number of nitrogens with two attached hydrogens (primary N) is 1. The molecule has 0 bridgehead atoms. The Bertz CT molecular complexity index is 839. The third kappa shape index (κ3) is 3.19. The van der Waals surface area contributed by atoms with Crippen molar-refractivity contribution in [2.75, 3.05) is 4.72 Å². The number of hydrogen-bond acceptors (Lipinski definition) is 4. The van der Waals surface area contributed by atoms with Crippen LogP contribution < -0.4 is 10.5 Å². The van der Waals surface area contributed by atoms with Gasteiger partial charge in [0.15, 0.2) is 0 Å². The standard InChI is InChI=1S/C14H11N3O3S/c15-9-10-4-3-5-11(8-10)21(19,20)17-13-7-2-1-6-12(13)14(16)18/h1-8,17H,(H2,16,18). The Balaban J connectivity index is 2.43. The number of carbonyl (C=O) groups excluding carboxylic acids is 1. The van der Waals surface area contributed by atoms with Gasteiger partial charge in [0.1, 0.15) is 0 Å². The largest absolute Gasteiger partial charge is 0.366 e. The van der Waals surface area contributed by atoms with Crippen LogP contribution in [0.5, 0.6) is 0 Å². The predicted molar refractivity (Wildman–Crippen MR) is 76.9 cm³/mol. The number of primary amides is 1. The first-order chi connectivity index (χ1) is 9.94. The van der Waals surface area contributed by atoms with E-state index in [1.165, 1.54) is 36.4 Å². The fourth-order valence-electron chi connectivity index (χ4n) is 1.72. The summed E-state index contributed by atoms with van der Waals surface area (Å²) in [5.74, 6) is -0.737. The molecule has 7 heteroatoms. The Hall–Kier alpha value is -2.85. The number of hydrogen-bond donors (Lipinski definition) is 2. The van der Waals surface area contributed by atoms with Crippen molar-refractivity contribution in [3.05, 3.63) is 59.7 Å². The Morgan fingerprint density at radius 1 is 1.14 bits per heavy atom. The minimum Gasteiger partial charge on any atom is -0.366 e. The molecule has 0 saturated carbocycles. The number of para-hydroxylation sites is 1. The van der Waals surface area contributed by atoms with E-state index in [1.54, 1.807) is 12.1 Å². The quantitative estimate of drug-likeness (QED) is 0.889. The highest BCUT2D eigenvalue weighted by atomic mass is 32.2. The number of anilines is 1. The molecule has 0 atom stereocenters. The lowest BCUT2D eigenvalue weighted by molar-refractivity contribution is 0.100. The van der Waals surface area contributed by atoms with E-state index in [4.69, 9.17) is 11.0 Å². The van der Waals surface area contributed by atoms with Crippen LogP contribution in [-0.2, 0) is 10.0 Å². The molecule has 106 valence electrons. The number of rotatable bonds is 4. The van der Waals surface area contributed by atoms with Crippen LogP contribution in [0.2, 0.25) is 0 Å². The topological polar surface area (TPSA) is 113 Å². The maximum atomic E-state index is 12.3. The van der Waals surface area contributed by atoms with Crippen molar-refractivity contribution >= 4 is 21.6 Å². The van der Waals surface area contributed by atoms with Crippen molar-refractivity contribution in [3.8, 4) is 6.07 Å². The normalized spacial score (nSPS) is 10.6. The average molecular weight is 301 g/mol. The number of nitrogens with one attached hydrogen (secondary N) is 1. The highest BCUT2D eigenvalue weighted by molar-refractivity contribution is 7.92. The molecule has 3 N–H and O–H groups in total. The lowest BCUT2D eigenvalue weighted by Crippen LogP contribution is -2.18. The summed E-state index contributed by atoms with van der Waals surface area (Å²) in [4.78, 5) is 11.2. The number of carbonyl (C=O) groups is 1. The van der Waals surface area contributed by atoms with Crippen molar-refractivity contribution in [2.24, 2.45) is 5.73 Å². The van der Waals surface area contributed by atoms with E-state index in [2.05, 4.69) is 4.72 Å². The van der Waals surface area contributed by atoms with Crippen LogP contribution in [0, 0.1) is 11.3 Å². The highest BCUT2D eigenvalue weighted by Crippen LogP contribution is 2.20. The molecule has 0 spiro atoms. The molecule has 0 saturated heterocycles. The van der Waals surface area contributed by atoms with E-state index in [1.807, 2.05) is 6.07 Å². The van der Waals surface area contributed by atoms with Gasteiger partial charge in [0.2, 0.25) is 0 Å². The Kier molecular flexibility index (Phi) is 3.91. The fourth-order valence-corrected chi connectivity index (χ4v) is 2.85. The molecule has 2 rings (SSSR count). The van der Waals surface area contributed by atoms with Gasteiger partial charge in [0.05, 0.1) is 27.8 Å². The van der Waals surface area contributed by atoms with Crippen LogP contribution in [0.25, 0.3) is 0 Å². The van der Waals surface area contributed by atoms with E-state index in [0.717, 1.165) is 0 Å². The summed E-state index contributed by atoms with van der Waals surface area (Å²) in [6.07, 6.45) is 0.